The van der Waals surface area contributed by atoms with Crippen LogP contribution in [0.4, 0.5) is 17.1 Å². The molecule has 208 valence electrons. The number of hydrogen-bond donors (Lipinski definition) is 4. The van der Waals surface area contributed by atoms with E-state index in [1.54, 1.807) is 71.6 Å². The lowest BCUT2D eigenvalue weighted by atomic mass is 10.3. The fourth-order valence-electron chi connectivity index (χ4n) is 4.41. The van der Waals surface area contributed by atoms with Crippen LogP contribution in [0.15, 0.2) is 36.8 Å². The molecule has 0 unspecified atom stereocenters. The number of rotatable bonds is 9. The molecule has 0 aliphatic carbocycles. The van der Waals surface area contributed by atoms with E-state index in [1.807, 2.05) is 0 Å². The molecule has 0 spiro atoms. The van der Waals surface area contributed by atoms with Gasteiger partial charge >= 0.3 is 0 Å². The Hall–Kier alpha value is -4.36. The van der Waals surface area contributed by atoms with Gasteiger partial charge in [0.15, 0.2) is 0 Å². The second-order valence-corrected chi connectivity index (χ2v) is 9.47. The molecule has 0 atom stereocenters. The van der Waals surface area contributed by atoms with Crippen LogP contribution in [0.5, 0.6) is 0 Å². The number of nitrogens with zero attached hydrogens (tertiary/aromatic N) is 4. The van der Waals surface area contributed by atoms with Gasteiger partial charge in [0.05, 0.1) is 30.3 Å². The highest BCUT2D eigenvalue weighted by Crippen LogP contribution is 2.19. The van der Waals surface area contributed by atoms with Crippen LogP contribution >= 0.6 is 0 Å². The van der Waals surface area contributed by atoms with Gasteiger partial charge in [-0.05, 0) is 18.2 Å². The summed E-state index contributed by atoms with van der Waals surface area (Å²) in [7, 11) is 5.13. The van der Waals surface area contributed by atoms with E-state index in [4.69, 9.17) is 4.74 Å². The highest BCUT2D eigenvalue weighted by Gasteiger charge is 2.19. The second kappa shape index (κ2) is 12.0. The topological polar surface area (TPSA) is 144 Å². The first-order chi connectivity index (χ1) is 18.6. The Labute approximate surface area is 226 Å². The maximum Gasteiger partial charge on any atom is 0.272 e. The summed E-state index contributed by atoms with van der Waals surface area (Å²) >= 11 is 0. The Morgan fingerprint density at radius 2 is 1.15 bits per heavy atom. The van der Waals surface area contributed by atoms with E-state index in [9.17, 15) is 19.2 Å². The first-order valence-electron chi connectivity index (χ1n) is 12.6. The zero-order chi connectivity index (χ0) is 28.1. The number of anilines is 3. The third-order valence-electron chi connectivity index (χ3n) is 6.37. The summed E-state index contributed by atoms with van der Waals surface area (Å²) < 4.78 is 10.2. The minimum atomic E-state index is -0.394. The standard InChI is InChI=1S/C26H34N8O5/c1-17(35)28-18-11-22(32(3)14-18)25(37)30-20-13-23(33(4)16-20)26(38)29-19-12-21(31(2)15-19)24(36)27-5-6-34-7-9-39-10-8-34/h11-16H,5-10H2,1-4H3,(H,27,36)(H,28,35)(H,29,38)(H,30,37). The average Bonchev–Trinajstić information content (AvgIpc) is 3.55. The van der Waals surface area contributed by atoms with Crippen molar-refractivity contribution in [1.82, 2.24) is 23.9 Å². The van der Waals surface area contributed by atoms with E-state index in [-0.39, 0.29) is 17.7 Å². The lowest BCUT2D eigenvalue weighted by molar-refractivity contribution is -0.114. The van der Waals surface area contributed by atoms with E-state index >= 15 is 0 Å². The van der Waals surface area contributed by atoms with Crippen LogP contribution in [-0.4, -0.2) is 81.6 Å². The van der Waals surface area contributed by atoms with Crippen LogP contribution in [0, 0.1) is 0 Å². The zero-order valence-electron chi connectivity index (χ0n) is 22.5. The van der Waals surface area contributed by atoms with Crippen LogP contribution < -0.4 is 21.3 Å². The fraction of sp³-hybridized carbons (Fsp3) is 0.385. The number of morpholine rings is 1. The fourth-order valence-corrected chi connectivity index (χ4v) is 4.41. The summed E-state index contributed by atoms with van der Waals surface area (Å²) in [6, 6.07) is 4.75. The van der Waals surface area contributed by atoms with Gasteiger partial charge < -0.3 is 39.7 Å². The van der Waals surface area contributed by atoms with Crippen molar-refractivity contribution in [3.63, 3.8) is 0 Å². The molecule has 13 nitrogen and oxygen atoms in total. The molecular formula is C26H34N8O5. The van der Waals surface area contributed by atoms with Crippen LogP contribution in [0.1, 0.15) is 38.4 Å². The van der Waals surface area contributed by atoms with Crippen LogP contribution in [0.25, 0.3) is 0 Å². The number of aromatic nitrogens is 3. The van der Waals surface area contributed by atoms with Gasteiger partial charge in [0, 0.05) is 72.8 Å². The van der Waals surface area contributed by atoms with E-state index in [0.717, 1.165) is 19.6 Å². The molecule has 1 aliphatic heterocycles. The van der Waals surface area contributed by atoms with Crippen molar-refractivity contribution in [1.29, 1.82) is 0 Å². The van der Waals surface area contributed by atoms with Crippen LogP contribution in [-0.2, 0) is 30.7 Å². The average molecular weight is 539 g/mol. The number of hydrogen-bond acceptors (Lipinski definition) is 6. The second-order valence-electron chi connectivity index (χ2n) is 9.47. The van der Waals surface area contributed by atoms with E-state index < -0.39 is 5.91 Å². The number of aryl methyl sites for hydroxylation is 3. The molecule has 3 aromatic heterocycles. The molecule has 1 fully saturated rings. The molecule has 4 heterocycles. The van der Waals surface area contributed by atoms with E-state index in [0.29, 0.717) is 53.9 Å². The summed E-state index contributed by atoms with van der Waals surface area (Å²) in [5, 5.41) is 11.2. The maximum absolute atomic E-state index is 13.0. The summed E-state index contributed by atoms with van der Waals surface area (Å²) in [6.07, 6.45) is 4.93. The maximum atomic E-state index is 13.0. The number of carbonyl (C=O) groups excluding carboxylic acids is 4. The highest BCUT2D eigenvalue weighted by molar-refractivity contribution is 6.07. The minimum absolute atomic E-state index is 0.225. The van der Waals surface area contributed by atoms with Crippen molar-refractivity contribution in [2.24, 2.45) is 21.1 Å². The van der Waals surface area contributed by atoms with Crippen molar-refractivity contribution < 1.29 is 23.9 Å². The van der Waals surface area contributed by atoms with Crippen LogP contribution in [0.3, 0.4) is 0 Å². The monoisotopic (exact) mass is 538 g/mol. The van der Waals surface area contributed by atoms with Crippen molar-refractivity contribution in [3.8, 4) is 0 Å². The smallest absolute Gasteiger partial charge is 0.272 e. The van der Waals surface area contributed by atoms with E-state index in [2.05, 4.69) is 26.2 Å². The number of amides is 4. The lowest BCUT2D eigenvalue weighted by Crippen LogP contribution is -2.41. The predicted octanol–water partition coefficient (Wildman–Crippen LogP) is 1.23. The van der Waals surface area contributed by atoms with Gasteiger partial charge in [-0.3, -0.25) is 24.1 Å². The Bertz CT molecular complexity index is 1380. The largest absolute Gasteiger partial charge is 0.379 e. The van der Waals surface area contributed by atoms with Crippen molar-refractivity contribution in [2.75, 3.05) is 55.3 Å². The molecule has 13 heteroatoms. The zero-order valence-corrected chi connectivity index (χ0v) is 22.5. The third-order valence-corrected chi connectivity index (χ3v) is 6.37. The number of carbonyl (C=O) groups is 4. The molecule has 0 radical (unpaired) electrons. The summed E-state index contributed by atoms with van der Waals surface area (Å²) in [6.45, 7) is 5.77. The van der Waals surface area contributed by atoms with Crippen molar-refractivity contribution in [3.05, 3.63) is 53.9 Å². The van der Waals surface area contributed by atoms with Crippen molar-refractivity contribution >= 4 is 40.7 Å². The number of nitrogens with one attached hydrogen (secondary N) is 4. The summed E-state index contributed by atoms with van der Waals surface area (Å²) in [5.41, 5.74) is 2.50. The quantitative estimate of drug-likeness (QED) is 0.323. The first-order valence-corrected chi connectivity index (χ1v) is 12.6. The molecule has 0 aromatic carbocycles. The van der Waals surface area contributed by atoms with Gasteiger partial charge in [-0.15, -0.1) is 0 Å². The molecule has 0 saturated carbocycles. The van der Waals surface area contributed by atoms with Crippen LogP contribution in [0.2, 0.25) is 0 Å². The Morgan fingerprint density at radius 3 is 1.62 bits per heavy atom. The SMILES string of the molecule is CC(=O)Nc1cc(C(=O)Nc2cc(C(=O)Nc3cc(C(=O)NCCN4CCOCC4)n(C)c3)n(C)c2)n(C)c1. The minimum Gasteiger partial charge on any atom is -0.379 e. The van der Waals surface area contributed by atoms with Gasteiger partial charge in [-0.1, -0.05) is 0 Å². The highest BCUT2D eigenvalue weighted by atomic mass is 16.5. The van der Waals surface area contributed by atoms with Gasteiger partial charge in [0.1, 0.15) is 17.1 Å². The molecule has 1 saturated heterocycles. The van der Waals surface area contributed by atoms with Gasteiger partial charge in [0.25, 0.3) is 17.7 Å². The summed E-state index contributed by atoms with van der Waals surface area (Å²) in [4.78, 5) is 52.0. The molecular weight excluding hydrogens is 504 g/mol. The molecule has 1 aliphatic rings. The third kappa shape index (κ3) is 6.94. The van der Waals surface area contributed by atoms with Gasteiger partial charge in [-0.25, -0.2) is 0 Å². The summed E-state index contributed by atoms with van der Waals surface area (Å²) in [5.74, 6) is -1.24. The Kier molecular flexibility index (Phi) is 8.52. The van der Waals surface area contributed by atoms with Gasteiger partial charge in [-0.2, -0.15) is 0 Å². The number of ether oxygens (including phenoxy) is 1. The normalized spacial score (nSPS) is 13.6. The van der Waals surface area contributed by atoms with Crippen molar-refractivity contribution in [2.45, 2.75) is 6.92 Å². The lowest BCUT2D eigenvalue weighted by Gasteiger charge is -2.26. The van der Waals surface area contributed by atoms with Gasteiger partial charge in [0.2, 0.25) is 5.91 Å². The van der Waals surface area contributed by atoms with E-state index in [1.165, 1.54) is 6.92 Å². The Morgan fingerprint density at radius 1 is 0.718 bits per heavy atom. The predicted molar refractivity (Wildman–Crippen MR) is 146 cm³/mol. The molecule has 0 bridgehead atoms. The Balaban J connectivity index is 1.35. The molecule has 39 heavy (non-hydrogen) atoms. The molecule has 3 aromatic rings. The first kappa shape index (κ1) is 27.7. The molecule has 4 rings (SSSR count). The molecule has 4 N–H and O–H groups in total. The molecule has 4 amide bonds.